The topological polar surface area (TPSA) is 56.2 Å². The number of halogens is 2. The van der Waals surface area contributed by atoms with Gasteiger partial charge in [-0.25, -0.2) is 0 Å². The molecule has 1 aromatic heterocycles. The molecule has 3 nitrogen and oxygen atoms in total. The smallest absolute Gasteiger partial charge is 0.108 e. The molecule has 86 valence electrons. The number of hydrogen-bond donors (Lipinski definition) is 3. The second-order valence-corrected chi connectivity index (χ2v) is 4.63. The largest absolute Gasteiger partial charge is 0.389 e. The Morgan fingerprint density at radius 2 is 2.12 bits per heavy atom. The van der Waals surface area contributed by atoms with Crippen molar-refractivity contribution in [1.82, 2.24) is 4.98 Å². The molecule has 2 atom stereocenters. The molecule has 0 spiro atoms. The highest BCUT2D eigenvalue weighted by Crippen LogP contribution is 2.31. The third kappa shape index (κ3) is 1.98. The van der Waals surface area contributed by atoms with Crippen molar-refractivity contribution in [2.24, 2.45) is 0 Å². The van der Waals surface area contributed by atoms with E-state index in [2.05, 4.69) is 20.9 Å². The van der Waals surface area contributed by atoms with Crippen molar-refractivity contribution in [2.75, 3.05) is 5.33 Å². The van der Waals surface area contributed by atoms with Gasteiger partial charge in [0.05, 0.1) is 11.1 Å². The fourth-order valence-corrected chi connectivity index (χ4v) is 2.33. The average Bonchev–Trinajstić information content (AvgIpc) is 2.72. The Labute approximate surface area is 106 Å². The molecule has 1 aromatic carbocycles. The van der Waals surface area contributed by atoms with Crippen molar-refractivity contribution in [3.8, 4) is 0 Å². The van der Waals surface area contributed by atoms with Crippen LogP contribution >= 0.6 is 27.5 Å². The van der Waals surface area contributed by atoms with Gasteiger partial charge in [-0.2, -0.15) is 0 Å². The summed E-state index contributed by atoms with van der Waals surface area (Å²) in [7, 11) is 0. The molecule has 0 saturated carbocycles. The average molecular weight is 305 g/mol. The third-order valence-electron chi connectivity index (χ3n) is 2.53. The zero-order valence-electron chi connectivity index (χ0n) is 8.32. The maximum Gasteiger partial charge on any atom is 0.108 e. The monoisotopic (exact) mass is 303 g/mol. The predicted molar refractivity (Wildman–Crippen MR) is 68.1 cm³/mol. The Balaban J connectivity index is 2.53. The summed E-state index contributed by atoms with van der Waals surface area (Å²) in [6, 6.07) is 5.46. The third-order valence-corrected chi connectivity index (χ3v) is 3.51. The van der Waals surface area contributed by atoms with Crippen molar-refractivity contribution < 1.29 is 10.2 Å². The van der Waals surface area contributed by atoms with Crippen molar-refractivity contribution in [3.63, 3.8) is 0 Å². The van der Waals surface area contributed by atoms with Gasteiger partial charge in [-0.1, -0.05) is 33.6 Å². The van der Waals surface area contributed by atoms with Crippen LogP contribution < -0.4 is 0 Å². The maximum atomic E-state index is 9.94. The number of aromatic nitrogens is 1. The predicted octanol–water partition coefficient (Wildman–Crippen LogP) is 2.61. The number of fused-ring (bicyclic) bond motifs is 1. The number of aromatic amines is 1. The summed E-state index contributed by atoms with van der Waals surface area (Å²) in [5.41, 5.74) is 1.47. The van der Waals surface area contributed by atoms with Gasteiger partial charge in [0, 0.05) is 28.0 Å². The van der Waals surface area contributed by atoms with E-state index < -0.39 is 12.2 Å². The quantitative estimate of drug-likeness (QED) is 0.764. The van der Waals surface area contributed by atoms with Gasteiger partial charge in [0.2, 0.25) is 0 Å². The standard InChI is InChI=1S/C11H11BrClNO2/c12-4-9(15)11(16)6-5-14-8-3-1-2-7(13)10(6)8/h1-3,5,9,11,14-16H,4H2. The number of rotatable bonds is 3. The van der Waals surface area contributed by atoms with E-state index in [1.165, 1.54) is 0 Å². The summed E-state index contributed by atoms with van der Waals surface area (Å²) < 4.78 is 0. The number of hydrogen-bond acceptors (Lipinski definition) is 2. The number of benzene rings is 1. The summed E-state index contributed by atoms with van der Waals surface area (Å²) in [6.45, 7) is 0. The van der Waals surface area contributed by atoms with Crippen LogP contribution in [0.4, 0.5) is 0 Å². The van der Waals surface area contributed by atoms with Gasteiger partial charge in [0.1, 0.15) is 6.10 Å². The molecule has 0 aliphatic carbocycles. The fourth-order valence-electron chi connectivity index (χ4n) is 1.69. The van der Waals surface area contributed by atoms with Gasteiger partial charge in [-0.3, -0.25) is 0 Å². The van der Waals surface area contributed by atoms with Gasteiger partial charge in [-0.15, -0.1) is 0 Å². The lowest BCUT2D eigenvalue weighted by molar-refractivity contribution is 0.0352. The Morgan fingerprint density at radius 1 is 1.38 bits per heavy atom. The van der Waals surface area contributed by atoms with Crippen molar-refractivity contribution in [1.29, 1.82) is 0 Å². The molecule has 0 fully saturated rings. The van der Waals surface area contributed by atoms with E-state index in [1.807, 2.05) is 12.1 Å². The molecule has 0 amide bonds. The first kappa shape index (κ1) is 11.9. The maximum absolute atomic E-state index is 9.94. The van der Waals surface area contributed by atoms with Crippen LogP contribution in [0, 0.1) is 0 Å². The van der Waals surface area contributed by atoms with Gasteiger partial charge in [-0.05, 0) is 12.1 Å². The molecule has 16 heavy (non-hydrogen) atoms. The van der Waals surface area contributed by atoms with Gasteiger partial charge in [0.15, 0.2) is 0 Å². The number of alkyl halides is 1. The molecule has 0 radical (unpaired) electrons. The first-order valence-electron chi connectivity index (χ1n) is 4.82. The van der Waals surface area contributed by atoms with Crippen LogP contribution in [-0.2, 0) is 0 Å². The lowest BCUT2D eigenvalue weighted by Crippen LogP contribution is -2.19. The van der Waals surface area contributed by atoms with Crippen LogP contribution in [0.25, 0.3) is 10.9 Å². The summed E-state index contributed by atoms with van der Waals surface area (Å²) in [6.07, 6.45) is -0.129. The lowest BCUT2D eigenvalue weighted by Gasteiger charge is -2.15. The van der Waals surface area contributed by atoms with Crippen molar-refractivity contribution in [3.05, 3.63) is 35.0 Å². The normalized spacial score (nSPS) is 15.2. The van der Waals surface area contributed by atoms with Crippen LogP contribution in [0.2, 0.25) is 5.02 Å². The molecule has 1 heterocycles. The highest BCUT2D eigenvalue weighted by Gasteiger charge is 2.21. The summed E-state index contributed by atoms with van der Waals surface area (Å²) in [5, 5.41) is 21.2. The minimum absolute atomic E-state index is 0.311. The molecule has 2 aromatic rings. The molecule has 5 heteroatoms. The van der Waals surface area contributed by atoms with E-state index in [9.17, 15) is 10.2 Å². The van der Waals surface area contributed by atoms with E-state index in [4.69, 9.17) is 11.6 Å². The van der Waals surface area contributed by atoms with Gasteiger partial charge in [0.25, 0.3) is 0 Å². The van der Waals surface area contributed by atoms with E-state index in [0.29, 0.717) is 15.9 Å². The van der Waals surface area contributed by atoms with Crippen LogP contribution in [0.3, 0.4) is 0 Å². The minimum atomic E-state index is -0.951. The van der Waals surface area contributed by atoms with E-state index in [1.54, 1.807) is 12.3 Å². The fraction of sp³-hybridized carbons (Fsp3) is 0.273. The Hall–Kier alpha value is -0.550. The zero-order valence-corrected chi connectivity index (χ0v) is 10.7. The van der Waals surface area contributed by atoms with Crippen LogP contribution in [0.1, 0.15) is 11.7 Å². The minimum Gasteiger partial charge on any atom is -0.389 e. The second-order valence-electron chi connectivity index (χ2n) is 3.57. The second kappa shape index (κ2) is 4.75. The first-order chi connectivity index (χ1) is 7.65. The van der Waals surface area contributed by atoms with Crippen molar-refractivity contribution in [2.45, 2.75) is 12.2 Å². The molecular formula is C11H11BrClNO2. The van der Waals surface area contributed by atoms with E-state index in [-0.39, 0.29) is 0 Å². The lowest BCUT2D eigenvalue weighted by atomic mass is 10.0. The highest BCUT2D eigenvalue weighted by molar-refractivity contribution is 9.09. The van der Waals surface area contributed by atoms with Gasteiger partial charge < -0.3 is 15.2 Å². The molecule has 0 saturated heterocycles. The van der Waals surface area contributed by atoms with Crippen LogP contribution in [0.5, 0.6) is 0 Å². The summed E-state index contributed by atoms with van der Waals surface area (Å²) in [4.78, 5) is 3.02. The molecule has 0 aliphatic rings. The van der Waals surface area contributed by atoms with Gasteiger partial charge >= 0.3 is 0 Å². The molecule has 0 aliphatic heterocycles. The molecule has 3 N–H and O–H groups in total. The number of aliphatic hydroxyl groups is 2. The molecule has 0 bridgehead atoms. The van der Waals surface area contributed by atoms with E-state index in [0.717, 1.165) is 10.9 Å². The summed E-state index contributed by atoms with van der Waals surface area (Å²) >= 11 is 9.20. The zero-order chi connectivity index (χ0) is 11.7. The SMILES string of the molecule is OC(CBr)C(O)c1c[nH]c2cccc(Cl)c12. The highest BCUT2D eigenvalue weighted by atomic mass is 79.9. The molecular weight excluding hydrogens is 293 g/mol. The Morgan fingerprint density at radius 3 is 2.81 bits per heavy atom. The van der Waals surface area contributed by atoms with E-state index >= 15 is 0 Å². The number of aliphatic hydroxyl groups excluding tert-OH is 2. The first-order valence-corrected chi connectivity index (χ1v) is 6.32. The number of H-pyrrole nitrogens is 1. The van der Waals surface area contributed by atoms with Crippen LogP contribution in [-0.4, -0.2) is 26.6 Å². The molecule has 2 unspecified atom stereocenters. The Bertz CT molecular complexity index is 500. The van der Waals surface area contributed by atoms with Crippen molar-refractivity contribution >= 4 is 38.4 Å². The van der Waals surface area contributed by atoms with Crippen LogP contribution in [0.15, 0.2) is 24.4 Å². The summed E-state index contributed by atoms with van der Waals surface area (Å²) in [5.74, 6) is 0. The Kier molecular flexibility index (Phi) is 3.54. The number of nitrogens with one attached hydrogen (secondary N) is 1. The molecule has 2 rings (SSSR count).